The molecule has 5 heterocycles. The van der Waals surface area contributed by atoms with Gasteiger partial charge in [0.15, 0.2) is 5.65 Å². The molecular formula is C39H34FN7O2. The maximum atomic E-state index is 14.9. The van der Waals surface area contributed by atoms with Gasteiger partial charge < -0.3 is 15.0 Å². The number of aromatic nitrogens is 5. The molecule has 3 N–H and O–H groups in total. The van der Waals surface area contributed by atoms with Gasteiger partial charge in [-0.3, -0.25) is 19.8 Å². The Kier molecular flexibility index (Phi) is 8.28. The molecule has 49 heavy (non-hydrogen) atoms. The third-order valence-corrected chi connectivity index (χ3v) is 8.96. The smallest absolute Gasteiger partial charge is 0.228 e. The van der Waals surface area contributed by atoms with Crippen LogP contribution in [0.4, 0.5) is 10.1 Å². The van der Waals surface area contributed by atoms with E-state index in [0.29, 0.717) is 23.7 Å². The van der Waals surface area contributed by atoms with Crippen LogP contribution in [0.25, 0.3) is 55.6 Å². The van der Waals surface area contributed by atoms with Crippen LogP contribution in [0.5, 0.6) is 5.75 Å². The van der Waals surface area contributed by atoms with Crippen molar-refractivity contribution >= 4 is 33.5 Å². The second-order valence-corrected chi connectivity index (χ2v) is 12.4. The standard InChI is InChI=1S/C39H34FN7O2/c40-29-16-26(18-31(20-29)49-14-13-47-11-4-5-12-47)32-9-6-10-35-33(32)21-36(44-35)38-34-19-28(23-42-39(34)46-45-38)27-17-30(24-41-22-27)43-37(48)15-25-7-2-1-3-8-25/h1-3,6-10,16-24,44H,4-5,11-15H2,(H,43,48)(H,42,45,46). The van der Waals surface area contributed by atoms with Crippen molar-refractivity contribution in [1.82, 2.24) is 30.0 Å². The van der Waals surface area contributed by atoms with Crippen LogP contribution in [-0.4, -0.2) is 62.2 Å². The lowest BCUT2D eigenvalue weighted by Gasteiger charge is -2.15. The molecule has 8 rings (SSSR count). The van der Waals surface area contributed by atoms with Crippen molar-refractivity contribution < 1.29 is 13.9 Å². The summed E-state index contributed by atoms with van der Waals surface area (Å²) in [4.78, 5) is 27.6. The number of ether oxygens (including phenoxy) is 1. The predicted octanol–water partition coefficient (Wildman–Crippen LogP) is 7.63. The lowest BCUT2D eigenvalue weighted by Crippen LogP contribution is -2.25. The molecule has 1 amide bonds. The maximum absolute atomic E-state index is 14.9. The molecule has 7 aromatic rings. The lowest BCUT2D eigenvalue weighted by molar-refractivity contribution is -0.115. The fourth-order valence-electron chi connectivity index (χ4n) is 6.56. The van der Waals surface area contributed by atoms with Crippen LogP contribution >= 0.6 is 0 Å². The summed E-state index contributed by atoms with van der Waals surface area (Å²) in [6.07, 6.45) is 7.84. The van der Waals surface area contributed by atoms with E-state index in [0.717, 1.165) is 75.1 Å². The van der Waals surface area contributed by atoms with Gasteiger partial charge in [-0.05, 0) is 79.0 Å². The highest BCUT2D eigenvalue weighted by atomic mass is 19.1. The fourth-order valence-corrected chi connectivity index (χ4v) is 6.56. The van der Waals surface area contributed by atoms with E-state index in [2.05, 4.69) is 35.4 Å². The van der Waals surface area contributed by atoms with Gasteiger partial charge in [0.25, 0.3) is 0 Å². The zero-order chi connectivity index (χ0) is 33.2. The number of benzene rings is 3. The van der Waals surface area contributed by atoms with Crippen molar-refractivity contribution in [2.75, 3.05) is 31.6 Å². The molecule has 0 aliphatic carbocycles. The molecule has 1 aliphatic heterocycles. The number of fused-ring (bicyclic) bond motifs is 2. The molecule has 1 saturated heterocycles. The van der Waals surface area contributed by atoms with Crippen LogP contribution in [0, 0.1) is 5.82 Å². The summed E-state index contributed by atoms with van der Waals surface area (Å²) >= 11 is 0. The van der Waals surface area contributed by atoms with Gasteiger partial charge in [0.2, 0.25) is 5.91 Å². The maximum Gasteiger partial charge on any atom is 0.228 e. The van der Waals surface area contributed by atoms with Gasteiger partial charge in [-0.1, -0.05) is 42.5 Å². The van der Waals surface area contributed by atoms with Crippen LogP contribution in [0.2, 0.25) is 0 Å². The normalized spacial score (nSPS) is 13.3. The van der Waals surface area contributed by atoms with E-state index in [1.165, 1.54) is 18.9 Å². The molecule has 0 saturated carbocycles. The topological polar surface area (TPSA) is 112 Å². The van der Waals surface area contributed by atoms with Crippen molar-refractivity contribution in [1.29, 1.82) is 0 Å². The van der Waals surface area contributed by atoms with E-state index in [1.54, 1.807) is 24.7 Å². The number of rotatable bonds is 10. The quantitative estimate of drug-likeness (QED) is 0.140. The molecular weight excluding hydrogens is 617 g/mol. The third-order valence-electron chi connectivity index (χ3n) is 8.96. The van der Waals surface area contributed by atoms with Gasteiger partial charge in [-0.2, -0.15) is 5.10 Å². The summed E-state index contributed by atoms with van der Waals surface area (Å²) in [5, 5.41) is 12.3. The lowest BCUT2D eigenvalue weighted by atomic mass is 10.0. The highest BCUT2D eigenvalue weighted by Gasteiger charge is 2.17. The number of pyridine rings is 2. The first kappa shape index (κ1) is 30.5. The second-order valence-electron chi connectivity index (χ2n) is 12.4. The summed E-state index contributed by atoms with van der Waals surface area (Å²) in [6, 6.07) is 26.4. The summed E-state index contributed by atoms with van der Waals surface area (Å²) in [7, 11) is 0. The number of nitrogens with one attached hydrogen (secondary N) is 3. The largest absolute Gasteiger partial charge is 0.492 e. The Balaban J connectivity index is 1.06. The van der Waals surface area contributed by atoms with Crippen LogP contribution in [0.1, 0.15) is 18.4 Å². The molecule has 4 aromatic heterocycles. The van der Waals surface area contributed by atoms with Crippen molar-refractivity contribution in [3.63, 3.8) is 0 Å². The average Bonchev–Trinajstić information content (AvgIpc) is 3.88. The molecule has 3 aromatic carbocycles. The summed E-state index contributed by atoms with van der Waals surface area (Å²) in [5.74, 6) is 0.0666. The Morgan fingerprint density at radius 1 is 0.878 bits per heavy atom. The molecule has 1 aliphatic rings. The Morgan fingerprint density at radius 3 is 2.61 bits per heavy atom. The number of hydrogen-bond donors (Lipinski definition) is 3. The van der Waals surface area contributed by atoms with Crippen molar-refractivity contribution in [3.8, 4) is 39.4 Å². The van der Waals surface area contributed by atoms with Gasteiger partial charge in [0.05, 0.1) is 29.7 Å². The molecule has 244 valence electrons. The first-order valence-electron chi connectivity index (χ1n) is 16.5. The number of anilines is 1. The minimum atomic E-state index is -0.339. The van der Waals surface area contributed by atoms with Crippen LogP contribution in [0.3, 0.4) is 0 Å². The minimum Gasteiger partial charge on any atom is -0.492 e. The third kappa shape index (κ3) is 6.63. The Bertz CT molecular complexity index is 2270. The van der Waals surface area contributed by atoms with Gasteiger partial charge >= 0.3 is 0 Å². The minimum absolute atomic E-state index is 0.117. The molecule has 0 spiro atoms. The summed E-state index contributed by atoms with van der Waals surface area (Å²) < 4.78 is 20.9. The molecule has 1 fully saturated rings. The number of aromatic amines is 2. The monoisotopic (exact) mass is 651 g/mol. The number of H-pyrrole nitrogens is 2. The van der Waals surface area contributed by atoms with E-state index < -0.39 is 0 Å². The van der Waals surface area contributed by atoms with Crippen molar-refractivity contribution in [2.24, 2.45) is 0 Å². The molecule has 9 nitrogen and oxygen atoms in total. The van der Waals surface area contributed by atoms with Crippen molar-refractivity contribution in [2.45, 2.75) is 19.3 Å². The number of carbonyl (C=O) groups excluding carboxylic acids is 1. The molecule has 0 bridgehead atoms. The number of carbonyl (C=O) groups is 1. The molecule has 0 unspecified atom stereocenters. The van der Waals surface area contributed by atoms with E-state index in [9.17, 15) is 9.18 Å². The van der Waals surface area contributed by atoms with E-state index in [-0.39, 0.29) is 18.1 Å². The SMILES string of the molecule is O=C(Cc1ccccc1)Nc1cncc(-c2cnc3n[nH]c(-c4cc5c(-c6cc(F)cc(OCCN7CCCC7)c6)cccc5[nH]4)c3c2)c1. The summed E-state index contributed by atoms with van der Waals surface area (Å²) in [5.41, 5.74) is 7.89. The van der Waals surface area contributed by atoms with Gasteiger partial charge in [-0.25, -0.2) is 9.37 Å². The first-order chi connectivity index (χ1) is 24.1. The first-order valence-corrected chi connectivity index (χ1v) is 16.5. The summed E-state index contributed by atoms with van der Waals surface area (Å²) in [6.45, 7) is 3.55. The van der Waals surface area contributed by atoms with Crippen LogP contribution < -0.4 is 10.1 Å². The molecule has 10 heteroatoms. The van der Waals surface area contributed by atoms with Gasteiger partial charge in [-0.15, -0.1) is 0 Å². The Labute approximate surface area is 282 Å². The fraction of sp³-hybridized carbons (Fsp3) is 0.179. The predicted molar refractivity (Wildman–Crippen MR) is 190 cm³/mol. The number of halogens is 1. The highest BCUT2D eigenvalue weighted by Crippen LogP contribution is 2.36. The van der Waals surface area contributed by atoms with Gasteiger partial charge in [0, 0.05) is 52.4 Å². The van der Waals surface area contributed by atoms with E-state index >= 15 is 0 Å². The number of nitrogens with zero attached hydrogens (tertiary/aromatic N) is 4. The zero-order valence-electron chi connectivity index (χ0n) is 26.7. The molecule has 0 atom stereocenters. The van der Waals surface area contributed by atoms with Gasteiger partial charge in [0.1, 0.15) is 18.2 Å². The second kappa shape index (κ2) is 13.3. The highest BCUT2D eigenvalue weighted by molar-refractivity contribution is 6.01. The molecule has 0 radical (unpaired) electrons. The van der Waals surface area contributed by atoms with E-state index in [4.69, 9.17) is 4.74 Å². The number of amides is 1. The Hall–Kier alpha value is -5.87. The average molecular weight is 652 g/mol. The van der Waals surface area contributed by atoms with Crippen LogP contribution in [-0.2, 0) is 11.2 Å². The van der Waals surface area contributed by atoms with Crippen LogP contribution in [0.15, 0.2) is 104 Å². The van der Waals surface area contributed by atoms with E-state index in [1.807, 2.05) is 72.8 Å². The number of hydrogen-bond acceptors (Lipinski definition) is 6. The zero-order valence-corrected chi connectivity index (χ0v) is 26.7. The van der Waals surface area contributed by atoms with Crippen molar-refractivity contribution in [3.05, 3.63) is 115 Å². The number of likely N-dealkylation sites (tertiary alicyclic amines) is 1. The Morgan fingerprint density at radius 2 is 1.73 bits per heavy atom.